The number of rotatable bonds is 9. The van der Waals surface area contributed by atoms with Gasteiger partial charge >= 0.3 is 0 Å². The van der Waals surface area contributed by atoms with E-state index >= 15 is 0 Å². The molecule has 0 bridgehead atoms. The lowest BCUT2D eigenvalue weighted by Gasteiger charge is -2.09. The normalized spacial score (nSPS) is 10.3. The highest BCUT2D eigenvalue weighted by Gasteiger charge is 1.95. The predicted molar refractivity (Wildman–Crippen MR) is 89.1 cm³/mol. The SMILES string of the molecule is CCOc1ccc(NCCNCCc2ccccc2)cc1. The average molecular weight is 284 g/mol. The van der Waals surface area contributed by atoms with Crippen LogP contribution in [0, 0.1) is 0 Å². The largest absolute Gasteiger partial charge is 0.494 e. The van der Waals surface area contributed by atoms with Crippen LogP contribution < -0.4 is 15.4 Å². The van der Waals surface area contributed by atoms with E-state index in [0.29, 0.717) is 6.61 Å². The molecule has 0 spiro atoms. The molecule has 0 saturated carbocycles. The highest BCUT2D eigenvalue weighted by atomic mass is 16.5. The number of benzene rings is 2. The summed E-state index contributed by atoms with van der Waals surface area (Å²) in [5.74, 6) is 0.920. The Kier molecular flexibility index (Phi) is 6.62. The lowest BCUT2D eigenvalue weighted by Crippen LogP contribution is -2.24. The van der Waals surface area contributed by atoms with Crippen molar-refractivity contribution in [2.75, 3.05) is 31.6 Å². The van der Waals surface area contributed by atoms with Gasteiger partial charge in [0, 0.05) is 18.8 Å². The first kappa shape index (κ1) is 15.4. The Morgan fingerprint density at radius 2 is 1.62 bits per heavy atom. The third-order valence-electron chi connectivity index (χ3n) is 3.23. The Balaban J connectivity index is 1.57. The zero-order valence-electron chi connectivity index (χ0n) is 12.6. The van der Waals surface area contributed by atoms with Crippen molar-refractivity contribution >= 4 is 5.69 Å². The fraction of sp³-hybridized carbons (Fsp3) is 0.333. The van der Waals surface area contributed by atoms with Gasteiger partial charge in [-0.3, -0.25) is 0 Å². The molecule has 0 aliphatic rings. The van der Waals surface area contributed by atoms with Gasteiger partial charge in [-0.1, -0.05) is 30.3 Å². The quantitative estimate of drug-likeness (QED) is 0.693. The van der Waals surface area contributed by atoms with Gasteiger partial charge in [0.2, 0.25) is 0 Å². The van der Waals surface area contributed by atoms with E-state index in [1.807, 2.05) is 19.1 Å². The van der Waals surface area contributed by atoms with Gasteiger partial charge in [-0.2, -0.15) is 0 Å². The van der Waals surface area contributed by atoms with E-state index in [1.54, 1.807) is 0 Å². The van der Waals surface area contributed by atoms with Gasteiger partial charge in [0.05, 0.1) is 6.61 Å². The molecule has 2 N–H and O–H groups in total. The van der Waals surface area contributed by atoms with Crippen LogP contribution in [0.15, 0.2) is 54.6 Å². The highest BCUT2D eigenvalue weighted by Crippen LogP contribution is 2.15. The summed E-state index contributed by atoms with van der Waals surface area (Å²) in [7, 11) is 0. The second kappa shape index (κ2) is 9.03. The monoisotopic (exact) mass is 284 g/mol. The van der Waals surface area contributed by atoms with E-state index in [0.717, 1.165) is 37.5 Å². The van der Waals surface area contributed by atoms with Crippen LogP contribution in [0.1, 0.15) is 12.5 Å². The highest BCUT2D eigenvalue weighted by molar-refractivity contribution is 5.46. The number of anilines is 1. The van der Waals surface area contributed by atoms with E-state index < -0.39 is 0 Å². The van der Waals surface area contributed by atoms with Gasteiger partial charge in [-0.25, -0.2) is 0 Å². The minimum Gasteiger partial charge on any atom is -0.494 e. The van der Waals surface area contributed by atoms with Crippen molar-refractivity contribution in [1.29, 1.82) is 0 Å². The first-order valence-corrected chi connectivity index (χ1v) is 7.60. The summed E-state index contributed by atoms with van der Waals surface area (Å²) in [4.78, 5) is 0. The molecule has 3 nitrogen and oxygen atoms in total. The molecule has 0 radical (unpaired) electrons. The molecule has 0 heterocycles. The van der Waals surface area contributed by atoms with Crippen LogP contribution in [0.4, 0.5) is 5.69 Å². The van der Waals surface area contributed by atoms with Crippen molar-refractivity contribution in [3.05, 3.63) is 60.2 Å². The van der Waals surface area contributed by atoms with Gasteiger partial charge < -0.3 is 15.4 Å². The Bertz CT molecular complexity index is 496. The van der Waals surface area contributed by atoms with Crippen molar-refractivity contribution in [1.82, 2.24) is 5.32 Å². The Morgan fingerprint density at radius 3 is 2.33 bits per heavy atom. The van der Waals surface area contributed by atoms with Crippen molar-refractivity contribution in [3.63, 3.8) is 0 Å². The molecule has 0 aliphatic heterocycles. The molecule has 3 heteroatoms. The van der Waals surface area contributed by atoms with Crippen molar-refractivity contribution in [2.45, 2.75) is 13.3 Å². The molecule has 0 unspecified atom stereocenters. The predicted octanol–water partition coefficient (Wildman–Crippen LogP) is 3.33. The lowest BCUT2D eigenvalue weighted by molar-refractivity contribution is 0.340. The zero-order chi connectivity index (χ0) is 14.8. The number of hydrogen-bond acceptors (Lipinski definition) is 3. The summed E-state index contributed by atoms with van der Waals surface area (Å²) in [6.07, 6.45) is 1.07. The molecule has 112 valence electrons. The first-order valence-electron chi connectivity index (χ1n) is 7.60. The molecule has 2 aromatic rings. The molecule has 0 amide bonds. The maximum absolute atomic E-state index is 5.42. The van der Waals surface area contributed by atoms with Crippen molar-refractivity contribution in [2.24, 2.45) is 0 Å². The summed E-state index contributed by atoms with van der Waals surface area (Å²) >= 11 is 0. The average Bonchev–Trinajstić information content (AvgIpc) is 2.53. The molecule has 0 aliphatic carbocycles. The van der Waals surface area contributed by atoms with Crippen molar-refractivity contribution in [3.8, 4) is 5.75 Å². The van der Waals surface area contributed by atoms with Gasteiger partial charge in [0.25, 0.3) is 0 Å². The van der Waals surface area contributed by atoms with Gasteiger partial charge in [0.15, 0.2) is 0 Å². The second-order valence-electron chi connectivity index (χ2n) is 4.87. The van der Waals surface area contributed by atoms with E-state index in [-0.39, 0.29) is 0 Å². The van der Waals surface area contributed by atoms with Crippen LogP contribution >= 0.6 is 0 Å². The summed E-state index contributed by atoms with van der Waals surface area (Å²) in [6, 6.07) is 18.6. The van der Waals surface area contributed by atoms with Gasteiger partial charge in [0.1, 0.15) is 5.75 Å². The standard InChI is InChI=1S/C18H24N2O/c1-2-21-18-10-8-17(9-11-18)20-15-14-19-13-12-16-6-4-3-5-7-16/h3-11,19-20H,2,12-15H2,1H3. The van der Waals surface area contributed by atoms with Crippen LogP contribution in [0.25, 0.3) is 0 Å². The molecule has 0 fully saturated rings. The van der Waals surface area contributed by atoms with E-state index in [2.05, 4.69) is 53.1 Å². The summed E-state index contributed by atoms with van der Waals surface area (Å²) in [5.41, 5.74) is 2.51. The van der Waals surface area contributed by atoms with E-state index in [1.165, 1.54) is 5.56 Å². The van der Waals surface area contributed by atoms with Gasteiger partial charge in [-0.15, -0.1) is 0 Å². The minimum absolute atomic E-state index is 0.706. The van der Waals surface area contributed by atoms with Crippen LogP contribution in [0.3, 0.4) is 0 Å². The molecule has 2 rings (SSSR count). The second-order valence-corrected chi connectivity index (χ2v) is 4.87. The Morgan fingerprint density at radius 1 is 0.857 bits per heavy atom. The maximum atomic E-state index is 5.42. The topological polar surface area (TPSA) is 33.3 Å². The Labute approximate surface area is 127 Å². The van der Waals surface area contributed by atoms with Crippen LogP contribution in [-0.2, 0) is 6.42 Å². The molecule has 0 atom stereocenters. The third kappa shape index (κ3) is 5.88. The lowest BCUT2D eigenvalue weighted by atomic mass is 10.1. The summed E-state index contributed by atoms with van der Waals surface area (Å²) in [6.45, 7) is 5.59. The molecular weight excluding hydrogens is 260 g/mol. The van der Waals surface area contributed by atoms with Crippen LogP contribution in [-0.4, -0.2) is 26.2 Å². The minimum atomic E-state index is 0.706. The summed E-state index contributed by atoms with van der Waals surface area (Å²) < 4.78 is 5.42. The molecule has 21 heavy (non-hydrogen) atoms. The molecular formula is C18H24N2O. The van der Waals surface area contributed by atoms with Crippen LogP contribution in [0.2, 0.25) is 0 Å². The molecule has 0 aromatic heterocycles. The van der Waals surface area contributed by atoms with E-state index in [9.17, 15) is 0 Å². The molecule has 2 aromatic carbocycles. The third-order valence-corrected chi connectivity index (χ3v) is 3.23. The zero-order valence-corrected chi connectivity index (χ0v) is 12.6. The van der Waals surface area contributed by atoms with Gasteiger partial charge in [-0.05, 0) is 49.7 Å². The first-order chi connectivity index (χ1) is 10.4. The van der Waals surface area contributed by atoms with Crippen molar-refractivity contribution < 1.29 is 4.74 Å². The molecule has 0 saturated heterocycles. The number of ether oxygens (including phenoxy) is 1. The fourth-order valence-corrected chi connectivity index (χ4v) is 2.13. The Hall–Kier alpha value is -2.00. The maximum Gasteiger partial charge on any atom is 0.119 e. The number of hydrogen-bond donors (Lipinski definition) is 2. The smallest absolute Gasteiger partial charge is 0.119 e. The van der Waals surface area contributed by atoms with E-state index in [4.69, 9.17) is 4.74 Å². The fourth-order valence-electron chi connectivity index (χ4n) is 2.13. The summed E-state index contributed by atoms with van der Waals surface area (Å²) in [5, 5.41) is 6.84. The van der Waals surface area contributed by atoms with Crippen LogP contribution in [0.5, 0.6) is 5.75 Å². The number of nitrogens with one attached hydrogen (secondary N) is 2.